The molecule has 3 N–H and O–H groups in total. The molecule has 0 amide bonds. The average molecular weight is 429 g/mol. The van der Waals surface area contributed by atoms with E-state index in [2.05, 4.69) is 39.6 Å². The predicted octanol–water partition coefficient (Wildman–Crippen LogP) is 5.47. The van der Waals surface area contributed by atoms with Crippen LogP contribution in [0.15, 0.2) is 83.8 Å². The van der Waals surface area contributed by atoms with Crippen LogP contribution in [0, 0.1) is 0 Å². The van der Waals surface area contributed by atoms with Crippen molar-refractivity contribution in [3.63, 3.8) is 0 Å². The van der Waals surface area contributed by atoms with E-state index in [0.717, 1.165) is 46.7 Å². The van der Waals surface area contributed by atoms with Crippen molar-refractivity contribution in [1.82, 2.24) is 15.0 Å². The van der Waals surface area contributed by atoms with Crippen molar-refractivity contribution in [2.45, 2.75) is 33.1 Å². The number of piperidine rings is 1. The molecule has 0 aromatic carbocycles. The molecule has 0 saturated carbocycles. The number of hydrogen-bond acceptors (Lipinski definition) is 5. The van der Waals surface area contributed by atoms with Gasteiger partial charge in [-0.25, -0.2) is 9.97 Å². The second kappa shape index (κ2) is 10.6. The zero-order chi connectivity index (χ0) is 23.1. The van der Waals surface area contributed by atoms with E-state index in [0.29, 0.717) is 17.1 Å². The number of nitrogens with two attached hydrogens (primary N) is 1. The van der Waals surface area contributed by atoms with E-state index in [-0.39, 0.29) is 0 Å². The number of imidazole rings is 1. The van der Waals surface area contributed by atoms with Gasteiger partial charge in [0.05, 0.1) is 5.52 Å². The number of nitrogens with zero attached hydrogens (tertiary/aromatic N) is 4. The zero-order valence-electron chi connectivity index (χ0n) is 19.1. The van der Waals surface area contributed by atoms with Crippen LogP contribution in [0.4, 0.5) is 5.82 Å². The Labute approximate surface area is 190 Å². The summed E-state index contributed by atoms with van der Waals surface area (Å²) < 4.78 is 0. The average Bonchev–Trinajstić information content (AvgIpc) is 3.27. The minimum absolute atomic E-state index is 0.599. The zero-order valence-corrected chi connectivity index (χ0v) is 19.1. The number of H-pyrrole nitrogens is 1. The fourth-order valence-electron chi connectivity index (χ4n) is 3.76. The van der Waals surface area contributed by atoms with Crippen molar-refractivity contribution in [2.75, 3.05) is 18.0 Å². The maximum absolute atomic E-state index is 6.35. The molecule has 1 fully saturated rings. The van der Waals surface area contributed by atoms with Gasteiger partial charge in [0.2, 0.25) is 0 Å². The van der Waals surface area contributed by atoms with Gasteiger partial charge in [-0.1, -0.05) is 31.9 Å². The Morgan fingerprint density at radius 2 is 1.94 bits per heavy atom. The van der Waals surface area contributed by atoms with Gasteiger partial charge in [0, 0.05) is 48.5 Å². The second-order valence-corrected chi connectivity index (χ2v) is 7.67. The Hall–Kier alpha value is -3.67. The molecule has 0 radical (unpaired) electrons. The fraction of sp³-hybridized carbons (Fsp3) is 0.269. The Morgan fingerprint density at radius 3 is 2.59 bits per heavy atom. The highest BCUT2D eigenvalue weighted by Crippen LogP contribution is 2.30. The van der Waals surface area contributed by atoms with Gasteiger partial charge in [0.15, 0.2) is 5.82 Å². The number of nitrogens with one attached hydrogen (secondary N) is 1. The fourth-order valence-corrected chi connectivity index (χ4v) is 3.76. The molecule has 0 bridgehead atoms. The van der Waals surface area contributed by atoms with Crippen LogP contribution in [0.3, 0.4) is 0 Å². The summed E-state index contributed by atoms with van der Waals surface area (Å²) in [4.78, 5) is 19.3. The highest BCUT2D eigenvalue weighted by molar-refractivity contribution is 5.91. The van der Waals surface area contributed by atoms with E-state index in [1.165, 1.54) is 25.5 Å². The number of aliphatic imine (C=N–C) groups is 1. The third kappa shape index (κ3) is 4.97. The van der Waals surface area contributed by atoms with E-state index in [1.807, 2.05) is 44.3 Å². The van der Waals surface area contributed by atoms with Crippen molar-refractivity contribution < 1.29 is 0 Å². The quantitative estimate of drug-likeness (QED) is 0.431. The van der Waals surface area contributed by atoms with Gasteiger partial charge < -0.3 is 15.6 Å². The maximum Gasteiger partial charge on any atom is 0.156 e. The molecule has 3 rings (SSSR count). The number of aromatic amines is 1. The number of allylic oxidation sites excluding steroid dienone is 6. The van der Waals surface area contributed by atoms with Gasteiger partial charge in [-0.3, -0.25) is 4.99 Å². The molecule has 166 valence electrons. The normalized spacial score (nSPS) is 16.1. The van der Waals surface area contributed by atoms with E-state index < -0.39 is 0 Å². The van der Waals surface area contributed by atoms with Crippen LogP contribution in [0.1, 0.15) is 38.9 Å². The van der Waals surface area contributed by atoms with Crippen molar-refractivity contribution >= 4 is 28.6 Å². The molecule has 32 heavy (non-hydrogen) atoms. The summed E-state index contributed by atoms with van der Waals surface area (Å²) in [7, 11) is 0. The summed E-state index contributed by atoms with van der Waals surface area (Å²) in [6.45, 7) is 18.0. The molecule has 2 aromatic heterocycles. The number of fused-ring (bicyclic) bond motifs is 1. The van der Waals surface area contributed by atoms with Crippen molar-refractivity contribution in [2.24, 2.45) is 10.7 Å². The van der Waals surface area contributed by atoms with Crippen LogP contribution < -0.4 is 10.6 Å². The molecule has 1 saturated heterocycles. The molecular formula is C26H32N6. The molecule has 0 spiro atoms. The Balaban J connectivity index is 2.01. The largest absolute Gasteiger partial charge is 0.398 e. The molecule has 0 atom stereocenters. The highest BCUT2D eigenvalue weighted by atomic mass is 15.2. The third-order valence-corrected chi connectivity index (χ3v) is 5.59. The standard InChI is InChI=1S/C26H32N6/c1-6-20(17-28-8-3)18(4)16-21(22(27)7-2)19(5)25-30-23-12-13-29-26(24(23)31-25)32-14-10-9-11-15-32/h6-8,12-13,16-17H,3-5,9-11,14-15,27H2,1-2H3,(H,30,31)/b20-6+,21-16-,22-7+,28-17?. The summed E-state index contributed by atoms with van der Waals surface area (Å²) in [6, 6.07) is 1.94. The van der Waals surface area contributed by atoms with Gasteiger partial charge in [0.1, 0.15) is 11.3 Å². The molecule has 2 aromatic rings. The number of rotatable bonds is 8. The van der Waals surface area contributed by atoms with Crippen LogP contribution in [-0.4, -0.2) is 34.3 Å². The number of hydrogen-bond donors (Lipinski definition) is 2. The molecule has 0 aliphatic carbocycles. The van der Waals surface area contributed by atoms with E-state index in [4.69, 9.17) is 10.7 Å². The lowest BCUT2D eigenvalue weighted by molar-refractivity contribution is 0.574. The summed E-state index contributed by atoms with van der Waals surface area (Å²) in [5.41, 5.74) is 11.8. The molecule has 0 unspecified atom stereocenters. The van der Waals surface area contributed by atoms with Crippen LogP contribution >= 0.6 is 0 Å². The number of pyridine rings is 1. The summed E-state index contributed by atoms with van der Waals surface area (Å²) in [5.74, 6) is 1.58. The molecule has 6 nitrogen and oxygen atoms in total. The van der Waals surface area contributed by atoms with Gasteiger partial charge in [-0.05, 0) is 56.4 Å². The highest BCUT2D eigenvalue weighted by Gasteiger charge is 2.19. The van der Waals surface area contributed by atoms with Crippen molar-refractivity contribution in [3.8, 4) is 0 Å². The van der Waals surface area contributed by atoms with E-state index in [1.54, 1.807) is 6.21 Å². The lowest BCUT2D eigenvalue weighted by Crippen LogP contribution is -2.30. The first-order chi connectivity index (χ1) is 15.5. The Bertz CT molecular complexity index is 1140. The van der Waals surface area contributed by atoms with Crippen molar-refractivity contribution in [3.05, 3.63) is 84.7 Å². The lowest BCUT2D eigenvalue weighted by atomic mass is 9.98. The van der Waals surface area contributed by atoms with Crippen LogP contribution in [-0.2, 0) is 0 Å². The first kappa shape index (κ1) is 23.0. The number of anilines is 1. The van der Waals surface area contributed by atoms with Gasteiger partial charge >= 0.3 is 0 Å². The van der Waals surface area contributed by atoms with E-state index in [9.17, 15) is 0 Å². The van der Waals surface area contributed by atoms with Crippen LogP contribution in [0.2, 0.25) is 0 Å². The molecular weight excluding hydrogens is 396 g/mol. The Morgan fingerprint density at radius 1 is 1.19 bits per heavy atom. The SMILES string of the molecule is C=CN=C/C(=C\C)C(=C)/C=C(C(=C)c1nc2c(N3CCCCC3)nccc2[nH]1)\C(N)=C/C. The molecule has 1 aliphatic rings. The van der Waals surface area contributed by atoms with Gasteiger partial charge in [-0.2, -0.15) is 0 Å². The molecule has 1 aliphatic heterocycles. The first-order valence-electron chi connectivity index (χ1n) is 10.9. The predicted molar refractivity (Wildman–Crippen MR) is 137 cm³/mol. The third-order valence-electron chi connectivity index (χ3n) is 5.59. The summed E-state index contributed by atoms with van der Waals surface area (Å²) >= 11 is 0. The lowest BCUT2D eigenvalue weighted by Gasteiger charge is -2.27. The summed E-state index contributed by atoms with van der Waals surface area (Å²) in [5, 5.41) is 0. The first-order valence-corrected chi connectivity index (χ1v) is 10.9. The van der Waals surface area contributed by atoms with Gasteiger partial charge in [0.25, 0.3) is 0 Å². The van der Waals surface area contributed by atoms with Crippen molar-refractivity contribution in [1.29, 1.82) is 0 Å². The second-order valence-electron chi connectivity index (χ2n) is 7.67. The smallest absolute Gasteiger partial charge is 0.156 e. The summed E-state index contributed by atoms with van der Waals surface area (Å²) in [6.07, 6.45) is 14.4. The van der Waals surface area contributed by atoms with Crippen LogP contribution in [0.25, 0.3) is 16.6 Å². The molecule has 3 heterocycles. The number of aromatic nitrogens is 3. The monoisotopic (exact) mass is 428 g/mol. The van der Waals surface area contributed by atoms with E-state index >= 15 is 0 Å². The van der Waals surface area contributed by atoms with Crippen LogP contribution in [0.5, 0.6) is 0 Å². The Kier molecular flexibility index (Phi) is 7.60. The van der Waals surface area contributed by atoms with Gasteiger partial charge in [-0.15, -0.1) is 0 Å². The maximum atomic E-state index is 6.35. The minimum Gasteiger partial charge on any atom is -0.398 e. The minimum atomic E-state index is 0.599. The molecule has 6 heteroatoms. The topological polar surface area (TPSA) is 83.2 Å².